The number of aryl methyl sites for hydroxylation is 1. The molecule has 0 atom stereocenters. The summed E-state index contributed by atoms with van der Waals surface area (Å²) in [6.07, 6.45) is 3.00. The second-order valence-corrected chi connectivity index (χ2v) is 7.33. The van der Waals surface area contributed by atoms with Crippen molar-refractivity contribution in [1.82, 2.24) is 5.32 Å². The second kappa shape index (κ2) is 9.05. The van der Waals surface area contributed by atoms with Gasteiger partial charge in [0.25, 0.3) is 11.8 Å². The van der Waals surface area contributed by atoms with Crippen LogP contribution in [0.5, 0.6) is 5.75 Å². The Hall–Kier alpha value is -2.93. The first-order valence-electron chi connectivity index (χ1n) is 9.38. The number of ether oxygens (including phenoxy) is 1. The Balaban J connectivity index is 1.96. The number of halogens is 1. The predicted octanol–water partition coefficient (Wildman–Crippen LogP) is 4.47. The molecule has 4 amide bonds. The van der Waals surface area contributed by atoms with E-state index in [0.29, 0.717) is 34.5 Å². The van der Waals surface area contributed by atoms with Gasteiger partial charge in [-0.05, 0) is 64.2 Å². The van der Waals surface area contributed by atoms with Gasteiger partial charge in [-0.1, -0.05) is 38.1 Å². The van der Waals surface area contributed by atoms with Crippen molar-refractivity contribution in [2.75, 3.05) is 11.5 Å². The molecule has 0 saturated carbocycles. The van der Waals surface area contributed by atoms with E-state index < -0.39 is 17.8 Å². The van der Waals surface area contributed by atoms with Crippen molar-refractivity contribution in [2.45, 2.75) is 26.7 Å². The van der Waals surface area contributed by atoms with Crippen molar-refractivity contribution in [3.8, 4) is 5.75 Å². The molecule has 0 aromatic heterocycles. The van der Waals surface area contributed by atoms with Gasteiger partial charge in [0.2, 0.25) is 0 Å². The highest BCUT2D eigenvalue weighted by Gasteiger charge is 2.37. The van der Waals surface area contributed by atoms with Gasteiger partial charge in [-0.25, -0.2) is 9.69 Å². The number of hydrogen-bond acceptors (Lipinski definition) is 4. The number of amides is 4. The number of carbonyl (C=O) groups is 3. The zero-order valence-electron chi connectivity index (χ0n) is 16.2. The van der Waals surface area contributed by atoms with Gasteiger partial charge >= 0.3 is 6.03 Å². The van der Waals surface area contributed by atoms with E-state index in [1.165, 1.54) is 6.08 Å². The normalized spacial score (nSPS) is 15.6. The van der Waals surface area contributed by atoms with Crippen molar-refractivity contribution >= 4 is 45.5 Å². The topological polar surface area (TPSA) is 75.7 Å². The Morgan fingerprint density at radius 1 is 1.10 bits per heavy atom. The first kappa shape index (κ1) is 20.8. The summed E-state index contributed by atoms with van der Waals surface area (Å²) in [4.78, 5) is 38.8. The summed E-state index contributed by atoms with van der Waals surface area (Å²) < 4.78 is 6.34. The van der Waals surface area contributed by atoms with Crippen LogP contribution >= 0.6 is 15.9 Å². The molecule has 3 rings (SSSR count). The SMILES string of the molecule is CCCOc1ccc(/C=C2/C(=O)NC(=O)N(c3ccccc3CC)C2=O)cc1Br. The van der Waals surface area contributed by atoms with Crippen LogP contribution in [0.15, 0.2) is 52.5 Å². The highest BCUT2D eigenvalue weighted by atomic mass is 79.9. The molecule has 1 heterocycles. The first-order chi connectivity index (χ1) is 14.0. The summed E-state index contributed by atoms with van der Waals surface area (Å²) in [5, 5.41) is 2.26. The summed E-state index contributed by atoms with van der Waals surface area (Å²) in [6.45, 7) is 4.55. The molecule has 0 unspecified atom stereocenters. The lowest BCUT2D eigenvalue weighted by molar-refractivity contribution is -0.122. The third-order valence-electron chi connectivity index (χ3n) is 4.44. The van der Waals surface area contributed by atoms with Crippen LogP contribution in [0.4, 0.5) is 10.5 Å². The van der Waals surface area contributed by atoms with E-state index in [2.05, 4.69) is 21.2 Å². The minimum Gasteiger partial charge on any atom is -0.492 e. The van der Waals surface area contributed by atoms with Gasteiger partial charge in [0.1, 0.15) is 11.3 Å². The average molecular weight is 457 g/mol. The molecule has 0 radical (unpaired) electrons. The van der Waals surface area contributed by atoms with Gasteiger partial charge in [0.15, 0.2) is 0 Å². The molecular formula is C22H21BrN2O4. The molecule has 1 N–H and O–H groups in total. The van der Waals surface area contributed by atoms with E-state index in [9.17, 15) is 14.4 Å². The summed E-state index contributed by atoms with van der Waals surface area (Å²) in [5.74, 6) is -0.683. The molecule has 7 heteroatoms. The number of barbiturate groups is 1. The van der Waals surface area contributed by atoms with Crippen LogP contribution in [-0.4, -0.2) is 24.5 Å². The molecule has 2 aromatic carbocycles. The molecule has 0 bridgehead atoms. The molecule has 1 aliphatic heterocycles. The Bertz CT molecular complexity index is 1000. The summed E-state index contributed by atoms with van der Waals surface area (Å²) in [7, 11) is 0. The van der Waals surface area contributed by atoms with E-state index in [-0.39, 0.29) is 5.57 Å². The lowest BCUT2D eigenvalue weighted by Crippen LogP contribution is -2.54. The number of benzene rings is 2. The highest BCUT2D eigenvalue weighted by molar-refractivity contribution is 9.10. The molecule has 150 valence electrons. The Labute approximate surface area is 177 Å². The predicted molar refractivity (Wildman–Crippen MR) is 115 cm³/mol. The lowest BCUT2D eigenvalue weighted by atomic mass is 10.0. The molecule has 0 aliphatic carbocycles. The number of anilines is 1. The summed E-state index contributed by atoms with van der Waals surface area (Å²) in [5.41, 5.74) is 1.84. The third-order valence-corrected chi connectivity index (χ3v) is 5.06. The second-order valence-electron chi connectivity index (χ2n) is 6.48. The summed E-state index contributed by atoms with van der Waals surface area (Å²) >= 11 is 3.45. The number of rotatable bonds is 6. The summed E-state index contributed by atoms with van der Waals surface area (Å²) in [6, 6.07) is 11.7. The highest BCUT2D eigenvalue weighted by Crippen LogP contribution is 2.29. The van der Waals surface area contributed by atoms with Gasteiger partial charge in [0.05, 0.1) is 16.8 Å². The zero-order valence-corrected chi connectivity index (χ0v) is 17.8. The van der Waals surface area contributed by atoms with E-state index >= 15 is 0 Å². The third kappa shape index (κ3) is 4.40. The lowest BCUT2D eigenvalue weighted by Gasteiger charge is -2.28. The number of carbonyl (C=O) groups excluding carboxylic acids is 3. The fourth-order valence-electron chi connectivity index (χ4n) is 3.01. The van der Waals surface area contributed by atoms with Crippen LogP contribution in [0.2, 0.25) is 0 Å². The first-order valence-corrected chi connectivity index (χ1v) is 10.2. The van der Waals surface area contributed by atoms with E-state index in [1.54, 1.807) is 30.3 Å². The van der Waals surface area contributed by atoms with Crippen LogP contribution < -0.4 is 15.0 Å². The largest absolute Gasteiger partial charge is 0.492 e. The van der Waals surface area contributed by atoms with Crippen molar-refractivity contribution in [1.29, 1.82) is 0 Å². The van der Waals surface area contributed by atoms with Crippen molar-refractivity contribution in [2.24, 2.45) is 0 Å². The van der Waals surface area contributed by atoms with Crippen molar-refractivity contribution in [3.63, 3.8) is 0 Å². The minimum atomic E-state index is -0.748. The maximum Gasteiger partial charge on any atom is 0.335 e. The monoisotopic (exact) mass is 456 g/mol. The molecule has 1 saturated heterocycles. The molecule has 6 nitrogen and oxygen atoms in total. The number of urea groups is 1. The van der Waals surface area contributed by atoms with E-state index in [0.717, 1.165) is 16.9 Å². The van der Waals surface area contributed by atoms with Crippen LogP contribution in [0.1, 0.15) is 31.4 Å². The quantitative estimate of drug-likeness (QED) is 0.513. The van der Waals surface area contributed by atoms with Gasteiger partial charge in [0, 0.05) is 0 Å². The molecule has 1 fully saturated rings. The molecular weight excluding hydrogens is 436 g/mol. The van der Waals surface area contributed by atoms with Crippen LogP contribution in [0, 0.1) is 0 Å². The average Bonchev–Trinajstić information content (AvgIpc) is 2.70. The van der Waals surface area contributed by atoms with Gasteiger partial charge < -0.3 is 4.74 Å². The number of nitrogens with one attached hydrogen (secondary N) is 1. The van der Waals surface area contributed by atoms with Crippen LogP contribution in [0.25, 0.3) is 6.08 Å². The molecule has 0 spiro atoms. The minimum absolute atomic E-state index is 0.107. The van der Waals surface area contributed by atoms with Crippen molar-refractivity contribution < 1.29 is 19.1 Å². The van der Waals surface area contributed by atoms with Crippen LogP contribution in [0.3, 0.4) is 0 Å². The smallest absolute Gasteiger partial charge is 0.335 e. The fourth-order valence-corrected chi connectivity index (χ4v) is 3.52. The molecule has 1 aliphatic rings. The zero-order chi connectivity index (χ0) is 21.0. The standard InChI is InChI=1S/C22H21BrN2O4/c1-3-11-29-19-10-9-14(13-17(19)23)12-16-20(26)24-22(28)25(21(16)27)18-8-6-5-7-15(18)4-2/h5-10,12-13H,3-4,11H2,1-2H3,(H,24,26,28)/b16-12-. The number of hydrogen-bond donors (Lipinski definition) is 1. The van der Waals surface area contributed by atoms with E-state index in [1.807, 2.05) is 26.0 Å². The van der Waals surface area contributed by atoms with Gasteiger partial charge in [-0.2, -0.15) is 0 Å². The molecule has 2 aromatic rings. The van der Waals surface area contributed by atoms with E-state index in [4.69, 9.17) is 4.74 Å². The Morgan fingerprint density at radius 3 is 2.55 bits per heavy atom. The van der Waals surface area contributed by atoms with Gasteiger partial charge in [-0.15, -0.1) is 0 Å². The number of para-hydroxylation sites is 1. The maximum atomic E-state index is 13.1. The number of imide groups is 2. The van der Waals surface area contributed by atoms with Crippen LogP contribution in [-0.2, 0) is 16.0 Å². The van der Waals surface area contributed by atoms with Gasteiger partial charge in [-0.3, -0.25) is 14.9 Å². The Kier molecular flexibility index (Phi) is 6.49. The van der Waals surface area contributed by atoms with Crippen molar-refractivity contribution in [3.05, 3.63) is 63.6 Å². The molecule has 29 heavy (non-hydrogen) atoms. The fraction of sp³-hybridized carbons (Fsp3) is 0.227. The Morgan fingerprint density at radius 2 is 1.86 bits per heavy atom. The number of nitrogens with zero attached hydrogens (tertiary/aromatic N) is 1. The maximum absolute atomic E-state index is 13.1.